The first-order valence-electron chi connectivity index (χ1n) is 7.99. The highest BCUT2D eigenvalue weighted by atomic mass is 35.5. The lowest BCUT2D eigenvalue weighted by Gasteiger charge is -2.09. The van der Waals surface area contributed by atoms with Gasteiger partial charge in [0.15, 0.2) is 0 Å². The highest BCUT2D eigenvalue weighted by Gasteiger charge is 2.03. The lowest BCUT2D eigenvalue weighted by molar-refractivity contribution is 0.612. The van der Waals surface area contributed by atoms with Crippen LogP contribution in [0.3, 0.4) is 0 Å². The maximum Gasteiger partial charge on any atom is 0.224 e. The molecule has 0 saturated heterocycles. The molecule has 4 nitrogen and oxygen atoms in total. The summed E-state index contributed by atoms with van der Waals surface area (Å²) in [6.45, 7) is 1.08. The highest BCUT2D eigenvalue weighted by Crippen LogP contribution is 2.12. The van der Waals surface area contributed by atoms with Crippen LogP contribution < -0.4 is 10.6 Å². The molecule has 1 heterocycles. The van der Waals surface area contributed by atoms with E-state index in [2.05, 4.69) is 20.6 Å². The summed E-state index contributed by atoms with van der Waals surface area (Å²) < 4.78 is 13.6. The molecule has 2 aromatic carbocycles. The maximum absolute atomic E-state index is 13.6. The van der Waals surface area contributed by atoms with Gasteiger partial charge in [-0.15, -0.1) is 0 Å². The smallest absolute Gasteiger partial charge is 0.224 e. The number of aromatic nitrogens is 2. The van der Waals surface area contributed by atoms with Crippen LogP contribution in [0, 0.1) is 5.82 Å². The van der Waals surface area contributed by atoms with E-state index < -0.39 is 0 Å². The van der Waals surface area contributed by atoms with Gasteiger partial charge in [0, 0.05) is 29.9 Å². The van der Waals surface area contributed by atoms with Gasteiger partial charge < -0.3 is 10.6 Å². The van der Waals surface area contributed by atoms with Gasteiger partial charge in [-0.1, -0.05) is 41.9 Å². The maximum atomic E-state index is 13.6. The predicted molar refractivity (Wildman–Crippen MR) is 99.4 cm³/mol. The van der Waals surface area contributed by atoms with Crippen LogP contribution >= 0.6 is 11.6 Å². The van der Waals surface area contributed by atoms with Crippen molar-refractivity contribution in [1.29, 1.82) is 0 Å². The second-order valence-electron chi connectivity index (χ2n) is 5.51. The van der Waals surface area contributed by atoms with Crippen LogP contribution in [0.4, 0.5) is 16.2 Å². The second-order valence-corrected chi connectivity index (χ2v) is 5.95. The Morgan fingerprint density at radius 1 is 0.960 bits per heavy atom. The van der Waals surface area contributed by atoms with E-state index in [-0.39, 0.29) is 5.82 Å². The normalized spacial score (nSPS) is 10.5. The Kier molecular flexibility index (Phi) is 5.80. The van der Waals surface area contributed by atoms with E-state index >= 15 is 0 Å². The van der Waals surface area contributed by atoms with Gasteiger partial charge in [-0.2, -0.15) is 4.98 Å². The van der Waals surface area contributed by atoms with Crippen molar-refractivity contribution in [3.05, 3.63) is 82.8 Å². The molecule has 3 rings (SSSR count). The van der Waals surface area contributed by atoms with Crippen molar-refractivity contribution < 1.29 is 4.39 Å². The van der Waals surface area contributed by atoms with E-state index in [1.165, 1.54) is 11.6 Å². The summed E-state index contributed by atoms with van der Waals surface area (Å²) in [5, 5.41) is 7.03. The summed E-state index contributed by atoms with van der Waals surface area (Å²) in [6, 6.07) is 16.2. The standard InChI is InChI=1S/C19H18ClFN4/c20-16-7-5-14(6-8-16)9-11-22-18-10-12-23-19(25-18)24-13-15-3-1-2-4-17(15)21/h1-8,10,12H,9,11,13H2,(H2,22,23,24,25). The number of hydrogen-bond acceptors (Lipinski definition) is 4. The number of nitrogens with zero attached hydrogens (tertiary/aromatic N) is 2. The monoisotopic (exact) mass is 356 g/mol. The van der Waals surface area contributed by atoms with Crippen LogP contribution in [0.1, 0.15) is 11.1 Å². The molecular weight excluding hydrogens is 339 g/mol. The molecule has 2 N–H and O–H groups in total. The van der Waals surface area contributed by atoms with E-state index in [9.17, 15) is 4.39 Å². The molecule has 1 aromatic heterocycles. The number of anilines is 2. The number of halogens is 2. The van der Waals surface area contributed by atoms with Gasteiger partial charge in [0.2, 0.25) is 5.95 Å². The molecule has 128 valence electrons. The molecule has 0 amide bonds. The minimum atomic E-state index is -0.243. The molecule has 0 bridgehead atoms. The van der Waals surface area contributed by atoms with Gasteiger partial charge in [-0.3, -0.25) is 0 Å². The van der Waals surface area contributed by atoms with Crippen molar-refractivity contribution in [1.82, 2.24) is 9.97 Å². The summed E-state index contributed by atoms with van der Waals surface area (Å²) in [6.07, 6.45) is 2.53. The topological polar surface area (TPSA) is 49.8 Å². The lowest BCUT2D eigenvalue weighted by Crippen LogP contribution is -2.09. The Morgan fingerprint density at radius 2 is 1.76 bits per heavy atom. The van der Waals surface area contributed by atoms with Gasteiger partial charge in [0.05, 0.1) is 0 Å². The molecule has 6 heteroatoms. The Hall–Kier alpha value is -2.66. The lowest BCUT2D eigenvalue weighted by atomic mass is 10.1. The van der Waals surface area contributed by atoms with Crippen molar-refractivity contribution >= 4 is 23.4 Å². The van der Waals surface area contributed by atoms with Crippen LogP contribution in [0.25, 0.3) is 0 Å². The molecule has 0 fully saturated rings. The third kappa shape index (κ3) is 5.16. The first-order valence-corrected chi connectivity index (χ1v) is 8.37. The number of hydrogen-bond donors (Lipinski definition) is 2. The third-order valence-corrected chi connectivity index (χ3v) is 3.94. The van der Waals surface area contributed by atoms with Gasteiger partial charge >= 0.3 is 0 Å². The van der Waals surface area contributed by atoms with Crippen molar-refractivity contribution in [3.8, 4) is 0 Å². The molecule has 0 aliphatic carbocycles. The zero-order valence-corrected chi connectivity index (χ0v) is 14.3. The van der Waals surface area contributed by atoms with Crippen LogP contribution in [0.5, 0.6) is 0 Å². The summed E-state index contributed by atoms with van der Waals surface area (Å²) in [5.74, 6) is 0.937. The highest BCUT2D eigenvalue weighted by molar-refractivity contribution is 6.30. The quantitative estimate of drug-likeness (QED) is 0.652. The van der Waals surface area contributed by atoms with Crippen molar-refractivity contribution in [3.63, 3.8) is 0 Å². The summed E-state index contributed by atoms with van der Waals surface area (Å²) in [7, 11) is 0. The molecule has 0 atom stereocenters. The molecular formula is C19H18ClFN4. The number of rotatable bonds is 7. The average molecular weight is 357 g/mol. The molecule has 0 aliphatic heterocycles. The van der Waals surface area contributed by atoms with Crippen LogP contribution in [-0.2, 0) is 13.0 Å². The van der Waals surface area contributed by atoms with E-state index in [1.807, 2.05) is 24.3 Å². The minimum Gasteiger partial charge on any atom is -0.370 e. The van der Waals surface area contributed by atoms with Crippen molar-refractivity contribution in [2.24, 2.45) is 0 Å². The fourth-order valence-corrected chi connectivity index (χ4v) is 2.47. The van der Waals surface area contributed by atoms with E-state index in [1.54, 1.807) is 30.5 Å². The van der Waals surface area contributed by atoms with Crippen LogP contribution in [0.2, 0.25) is 5.02 Å². The van der Waals surface area contributed by atoms with Crippen molar-refractivity contribution in [2.75, 3.05) is 17.2 Å². The SMILES string of the molecule is Fc1ccccc1CNc1nccc(NCCc2ccc(Cl)cc2)n1. The zero-order chi connectivity index (χ0) is 17.5. The average Bonchev–Trinajstić information content (AvgIpc) is 2.63. The van der Waals surface area contributed by atoms with Crippen LogP contribution in [0.15, 0.2) is 60.8 Å². The van der Waals surface area contributed by atoms with Crippen molar-refractivity contribution in [2.45, 2.75) is 13.0 Å². The van der Waals surface area contributed by atoms with Gasteiger partial charge in [0.1, 0.15) is 11.6 Å². The van der Waals surface area contributed by atoms with E-state index in [0.29, 0.717) is 18.1 Å². The van der Waals surface area contributed by atoms with Gasteiger partial charge in [0.25, 0.3) is 0 Å². The summed E-state index contributed by atoms with van der Waals surface area (Å²) in [4.78, 5) is 8.55. The Balaban J connectivity index is 1.52. The van der Waals surface area contributed by atoms with E-state index in [0.717, 1.165) is 23.8 Å². The molecule has 3 aromatic rings. The number of benzene rings is 2. The van der Waals surface area contributed by atoms with E-state index in [4.69, 9.17) is 11.6 Å². The fraction of sp³-hybridized carbons (Fsp3) is 0.158. The Bertz CT molecular complexity index is 824. The number of nitrogens with one attached hydrogen (secondary N) is 2. The minimum absolute atomic E-state index is 0.243. The van der Waals surface area contributed by atoms with Crippen LogP contribution in [-0.4, -0.2) is 16.5 Å². The molecule has 0 unspecified atom stereocenters. The summed E-state index contributed by atoms with van der Waals surface area (Å²) in [5.41, 5.74) is 1.77. The molecule has 0 spiro atoms. The zero-order valence-electron chi connectivity index (χ0n) is 13.5. The first-order chi connectivity index (χ1) is 12.2. The summed E-state index contributed by atoms with van der Waals surface area (Å²) >= 11 is 5.88. The second kappa shape index (κ2) is 8.44. The van der Waals surface area contributed by atoms with Gasteiger partial charge in [-0.05, 0) is 36.2 Å². The fourth-order valence-electron chi connectivity index (χ4n) is 2.34. The third-order valence-electron chi connectivity index (χ3n) is 3.68. The van der Waals surface area contributed by atoms with Gasteiger partial charge in [-0.25, -0.2) is 9.37 Å². The Morgan fingerprint density at radius 3 is 2.56 bits per heavy atom. The largest absolute Gasteiger partial charge is 0.370 e. The predicted octanol–water partition coefficient (Wildman–Crippen LogP) is 4.54. The molecule has 0 aliphatic rings. The molecule has 25 heavy (non-hydrogen) atoms. The molecule has 0 radical (unpaired) electrons. The Labute approximate surface area is 151 Å². The first kappa shape index (κ1) is 17.2. The molecule has 0 saturated carbocycles.